The molecule has 2 heterocycles. The van der Waals surface area contributed by atoms with Gasteiger partial charge in [-0.1, -0.05) is 25.3 Å². The molecule has 0 unspecified atom stereocenters. The van der Waals surface area contributed by atoms with Crippen molar-refractivity contribution in [2.24, 2.45) is 0 Å². The lowest BCUT2D eigenvalue weighted by atomic mass is 9.96. The summed E-state index contributed by atoms with van der Waals surface area (Å²) in [6, 6.07) is 15.8. The van der Waals surface area contributed by atoms with E-state index in [-0.39, 0.29) is 0 Å². The third-order valence-electron chi connectivity index (χ3n) is 4.88. The quantitative estimate of drug-likeness (QED) is 0.383. The van der Waals surface area contributed by atoms with Gasteiger partial charge in [0.2, 0.25) is 0 Å². The van der Waals surface area contributed by atoms with Gasteiger partial charge < -0.3 is 10.2 Å². The number of hydrogen-bond acceptors (Lipinski definition) is 6. The molecule has 0 saturated heterocycles. The molecule has 144 valence electrons. The standard InChI is InChI=1S/C22H24N4OS/c28-22-15-17(9-10-20(22)26-25-16-6-2-1-3-7-16)27-18-11-13-24-21(14-18)19-8-4-5-12-23-19/h4-5,8-16,25-26,28H,1-3,6-7H2. The van der Waals surface area contributed by atoms with Gasteiger partial charge in [0, 0.05) is 29.4 Å². The van der Waals surface area contributed by atoms with Crippen LogP contribution in [0.3, 0.4) is 0 Å². The summed E-state index contributed by atoms with van der Waals surface area (Å²) >= 11 is 4.60. The zero-order valence-electron chi connectivity index (χ0n) is 15.6. The van der Waals surface area contributed by atoms with Crippen LogP contribution in [0.15, 0.2) is 65.8 Å². The number of hydrazine groups is 1. The van der Waals surface area contributed by atoms with Crippen molar-refractivity contribution in [3.8, 4) is 22.9 Å². The molecule has 5 nitrogen and oxygen atoms in total. The van der Waals surface area contributed by atoms with Crippen LogP contribution in [0, 0.1) is 0 Å². The van der Waals surface area contributed by atoms with E-state index in [0.29, 0.717) is 11.8 Å². The summed E-state index contributed by atoms with van der Waals surface area (Å²) < 4.78 is 6.01. The molecule has 1 aliphatic rings. The summed E-state index contributed by atoms with van der Waals surface area (Å²) in [4.78, 5) is 9.55. The van der Waals surface area contributed by atoms with E-state index in [0.717, 1.165) is 27.7 Å². The molecular weight excluding hydrogens is 368 g/mol. The minimum absolute atomic E-state index is 0.527. The number of pyridine rings is 2. The molecule has 3 aromatic rings. The maximum absolute atomic E-state index is 6.01. The fourth-order valence-electron chi connectivity index (χ4n) is 3.37. The van der Waals surface area contributed by atoms with Gasteiger partial charge in [0.15, 0.2) is 0 Å². The van der Waals surface area contributed by atoms with Crippen molar-refractivity contribution in [3.05, 3.63) is 60.9 Å². The number of ether oxygens (including phenoxy) is 1. The SMILES string of the molecule is Sc1cc(Oc2ccnc(-c3ccccn3)c2)ccc1NNC1CCCCC1. The van der Waals surface area contributed by atoms with Crippen LogP contribution in [-0.2, 0) is 0 Å². The van der Waals surface area contributed by atoms with E-state index >= 15 is 0 Å². The van der Waals surface area contributed by atoms with Crippen LogP contribution < -0.4 is 15.6 Å². The van der Waals surface area contributed by atoms with Crippen LogP contribution in [0.1, 0.15) is 32.1 Å². The predicted octanol–water partition coefficient (Wildman–Crippen LogP) is 5.47. The second-order valence-electron chi connectivity index (χ2n) is 6.98. The van der Waals surface area contributed by atoms with E-state index in [1.165, 1.54) is 32.1 Å². The number of anilines is 1. The Morgan fingerprint density at radius 1 is 0.857 bits per heavy atom. The zero-order valence-corrected chi connectivity index (χ0v) is 16.5. The van der Waals surface area contributed by atoms with E-state index in [4.69, 9.17) is 4.74 Å². The van der Waals surface area contributed by atoms with E-state index in [1.54, 1.807) is 12.4 Å². The highest BCUT2D eigenvalue weighted by Gasteiger charge is 2.13. The highest BCUT2D eigenvalue weighted by atomic mass is 32.1. The molecule has 2 aromatic heterocycles. The largest absolute Gasteiger partial charge is 0.457 e. The van der Waals surface area contributed by atoms with E-state index < -0.39 is 0 Å². The number of nitrogens with zero attached hydrogens (tertiary/aromatic N) is 2. The van der Waals surface area contributed by atoms with Crippen LogP contribution >= 0.6 is 12.6 Å². The van der Waals surface area contributed by atoms with Crippen LogP contribution in [-0.4, -0.2) is 16.0 Å². The Balaban J connectivity index is 1.42. The molecule has 0 atom stereocenters. The molecule has 1 saturated carbocycles. The third-order valence-corrected chi connectivity index (χ3v) is 5.25. The smallest absolute Gasteiger partial charge is 0.131 e. The minimum Gasteiger partial charge on any atom is -0.457 e. The van der Waals surface area contributed by atoms with Gasteiger partial charge in [-0.2, -0.15) is 0 Å². The monoisotopic (exact) mass is 392 g/mol. The molecule has 1 aliphatic carbocycles. The first-order valence-electron chi connectivity index (χ1n) is 9.68. The molecule has 0 spiro atoms. The summed E-state index contributed by atoms with van der Waals surface area (Å²) in [7, 11) is 0. The maximum Gasteiger partial charge on any atom is 0.131 e. The lowest BCUT2D eigenvalue weighted by Gasteiger charge is -2.24. The minimum atomic E-state index is 0.527. The van der Waals surface area contributed by atoms with Crippen LogP contribution in [0.4, 0.5) is 5.69 Å². The van der Waals surface area contributed by atoms with Gasteiger partial charge in [-0.25, -0.2) is 5.43 Å². The molecule has 1 aromatic carbocycles. The average molecular weight is 393 g/mol. The van der Waals surface area contributed by atoms with Crippen LogP contribution in [0.5, 0.6) is 11.5 Å². The Morgan fingerprint density at radius 2 is 1.68 bits per heavy atom. The number of hydrogen-bond donors (Lipinski definition) is 3. The summed E-state index contributed by atoms with van der Waals surface area (Å²) in [5.74, 6) is 1.44. The number of thiol groups is 1. The first-order chi connectivity index (χ1) is 13.8. The number of rotatable bonds is 6. The Hall–Kier alpha value is -2.57. The predicted molar refractivity (Wildman–Crippen MR) is 115 cm³/mol. The van der Waals surface area contributed by atoms with E-state index in [2.05, 4.69) is 33.4 Å². The molecule has 0 amide bonds. The Bertz CT molecular complexity index is 913. The molecule has 4 rings (SSSR count). The fraction of sp³-hybridized carbons (Fsp3) is 0.273. The number of aromatic nitrogens is 2. The molecule has 0 aliphatic heterocycles. The van der Waals surface area contributed by atoms with Gasteiger partial charge in [0.1, 0.15) is 11.5 Å². The second kappa shape index (κ2) is 9.08. The number of nitrogens with one attached hydrogen (secondary N) is 2. The highest BCUT2D eigenvalue weighted by molar-refractivity contribution is 7.80. The number of benzene rings is 1. The van der Waals surface area contributed by atoms with Crippen molar-refractivity contribution >= 4 is 18.3 Å². The summed E-state index contributed by atoms with van der Waals surface area (Å²) in [6.07, 6.45) is 9.86. The van der Waals surface area contributed by atoms with Crippen molar-refractivity contribution in [2.45, 2.75) is 43.0 Å². The fourth-order valence-corrected chi connectivity index (χ4v) is 3.63. The normalized spacial score (nSPS) is 14.6. The van der Waals surface area contributed by atoms with Gasteiger partial charge in [-0.3, -0.25) is 9.97 Å². The third kappa shape index (κ3) is 4.82. The van der Waals surface area contributed by atoms with Gasteiger partial charge in [0.05, 0.1) is 17.1 Å². The molecule has 2 N–H and O–H groups in total. The van der Waals surface area contributed by atoms with Gasteiger partial charge in [0.25, 0.3) is 0 Å². The average Bonchev–Trinajstić information content (AvgIpc) is 2.75. The van der Waals surface area contributed by atoms with Gasteiger partial charge in [-0.15, -0.1) is 12.6 Å². The summed E-state index contributed by atoms with van der Waals surface area (Å²) in [6.45, 7) is 0. The van der Waals surface area contributed by atoms with Crippen molar-refractivity contribution < 1.29 is 4.74 Å². The zero-order chi connectivity index (χ0) is 19.2. The van der Waals surface area contributed by atoms with Crippen molar-refractivity contribution in [1.82, 2.24) is 15.4 Å². The molecule has 1 fully saturated rings. The molecule has 0 bridgehead atoms. The van der Waals surface area contributed by atoms with Crippen molar-refractivity contribution in [1.29, 1.82) is 0 Å². The molecule has 6 heteroatoms. The highest BCUT2D eigenvalue weighted by Crippen LogP contribution is 2.30. The second-order valence-corrected chi connectivity index (χ2v) is 7.46. The van der Waals surface area contributed by atoms with Crippen molar-refractivity contribution in [2.75, 3.05) is 5.43 Å². The van der Waals surface area contributed by atoms with E-state index in [1.807, 2.05) is 48.5 Å². The molecule has 28 heavy (non-hydrogen) atoms. The molecule has 0 radical (unpaired) electrons. The maximum atomic E-state index is 6.01. The topological polar surface area (TPSA) is 59.1 Å². The Morgan fingerprint density at radius 3 is 2.46 bits per heavy atom. The molecular formula is C22H24N4OS. The van der Waals surface area contributed by atoms with Crippen LogP contribution in [0.2, 0.25) is 0 Å². The lowest BCUT2D eigenvalue weighted by molar-refractivity contribution is 0.392. The Kier molecular flexibility index (Phi) is 6.09. The Labute approximate surface area is 171 Å². The first kappa shape index (κ1) is 18.8. The van der Waals surface area contributed by atoms with E-state index in [9.17, 15) is 0 Å². The summed E-state index contributed by atoms with van der Waals surface area (Å²) in [5, 5.41) is 0. The van der Waals surface area contributed by atoms with Crippen molar-refractivity contribution in [3.63, 3.8) is 0 Å². The van der Waals surface area contributed by atoms with Gasteiger partial charge in [-0.05, 0) is 49.2 Å². The first-order valence-corrected chi connectivity index (χ1v) is 10.1. The van der Waals surface area contributed by atoms with Gasteiger partial charge >= 0.3 is 0 Å². The lowest BCUT2D eigenvalue weighted by Crippen LogP contribution is -2.35. The summed E-state index contributed by atoms with van der Waals surface area (Å²) in [5.41, 5.74) is 9.26. The van der Waals surface area contributed by atoms with Crippen LogP contribution in [0.25, 0.3) is 11.4 Å².